The Bertz CT molecular complexity index is 252. The van der Waals surface area contributed by atoms with Crippen LogP contribution < -0.4 is 5.32 Å². The van der Waals surface area contributed by atoms with E-state index in [4.69, 9.17) is 9.47 Å². The zero-order chi connectivity index (χ0) is 15.8. The second-order valence-electron chi connectivity index (χ2n) is 4.46. The molecule has 126 valence electrons. The summed E-state index contributed by atoms with van der Waals surface area (Å²) in [5.74, 6) is 0. The van der Waals surface area contributed by atoms with Gasteiger partial charge in [-0.15, -0.1) is 0 Å². The molecule has 0 aromatic carbocycles. The molecule has 0 spiro atoms. The lowest BCUT2D eigenvalue weighted by molar-refractivity contribution is -0.0252. The number of rotatable bonds is 12. The topological polar surface area (TPSA) is 83.1 Å². The number of carbonyl (C=O) groups is 2. The van der Waals surface area contributed by atoms with E-state index in [0.717, 1.165) is 38.5 Å². The zero-order valence-electron chi connectivity index (χ0n) is 13.0. The standard InChI is InChI=1S/C14H27NO6.H2/c1-3-5-7-9-18-11-20-13(16)15-14(17)21-12-19-10-8-6-4-2;/h3-12H2,1-2H3,(H,15,16,17);1H. The summed E-state index contributed by atoms with van der Waals surface area (Å²) in [6.45, 7) is 4.85. The molecule has 21 heavy (non-hydrogen) atoms. The number of amides is 2. The molecule has 0 fully saturated rings. The third kappa shape index (κ3) is 14.9. The van der Waals surface area contributed by atoms with E-state index in [-0.39, 0.29) is 15.0 Å². The molecule has 0 aromatic heterocycles. The predicted octanol–water partition coefficient (Wildman–Crippen LogP) is 3.42. The van der Waals surface area contributed by atoms with Gasteiger partial charge in [-0.25, -0.2) is 14.9 Å². The number of ether oxygens (including phenoxy) is 4. The Morgan fingerprint density at radius 2 is 1.24 bits per heavy atom. The monoisotopic (exact) mass is 307 g/mol. The molecule has 7 heteroatoms. The molecule has 0 heterocycles. The van der Waals surface area contributed by atoms with E-state index in [9.17, 15) is 9.59 Å². The first-order valence-corrected chi connectivity index (χ1v) is 7.46. The van der Waals surface area contributed by atoms with Crippen molar-refractivity contribution in [2.24, 2.45) is 0 Å². The molecule has 0 aliphatic carbocycles. The van der Waals surface area contributed by atoms with Gasteiger partial charge in [0.25, 0.3) is 0 Å². The van der Waals surface area contributed by atoms with E-state index in [1.54, 1.807) is 0 Å². The Kier molecular flexibility index (Phi) is 14.1. The number of imide groups is 1. The maximum absolute atomic E-state index is 11.2. The summed E-state index contributed by atoms with van der Waals surface area (Å²) in [5.41, 5.74) is 0. The Morgan fingerprint density at radius 3 is 1.62 bits per heavy atom. The molecule has 0 saturated carbocycles. The van der Waals surface area contributed by atoms with Crippen LogP contribution in [0.3, 0.4) is 0 Å². The van der Waals surface area contributed by atoms with Gasteiger partial charge in [0.1, 0.15) is 0 Å². The Balaban J connectivity index is 0. The molecule has 1 N–H and O–H groups in total. The van der Waals surface area contributed by atoms with E-state index in [1.165, 1.54) is 0 Å². The van der Waals surface area contributed by atoms with Crippen molar-refractivity contribution in [3.63, 3.8) is 0 Å². The second kappa shape index (κ2) is 15.1. The van der Waals surface area contributed by atoms with Crippen LogP contribution in [0.25, 0.3) is 0 Å². The third-order valence-electron chi connectivity index (χ3n) is 2.54. The molecular weight excluding hydrogens is 278 g/mol. The van der Waals surface area contributed by atoms with Crippen molar-refractivity contribution < 1.29 is 30.0 Å². The minimum absolute atomic E-state index is 0. The number of alkyl carbamates (subject to hydrolysis) is 2. The van der Waals surface area contributed by atoms with Gasteiger partial charge >= 0.3 is 12.2 Å². The van der Waals surface area contributed by atoms with Gasteiger partial charge in [0.15, 0.2) is 13.6 Å². The highest BCUT2D eigenvalue weighted by Gasteiger charge is 2.09. The highest BCUT2D eigenvalue weighted by atomic mass is 16.7. The average Bonchev–Trinajstić information content (AvgIpc) is 2.46. The summed E-state index contributed by atoms with van der Waals surface area (Å²) in [5, 5.41) is 1.90. The van der Waals surface area contributed by atoms with Crippen molar-refractivity contribution in [2.45, 2.75) is 52.4 Å². The quantitative estimate of drug-likeness (QED) is 0.439. The lowest BCUT2D eigenvalue weighted by Crippen LogP contribution is -2.32. The smallest absolute Gasteiger partial charge is 0.418 e. The van der Waals surface area contributed by atoms with E-state index in [1.807, 2.05) is 5.32 Å². The molecule has 0 aromatic rings. The van der Waals surface area contributed by atoms with Crippen molar-refractivity contribution in [1.29, 1.82) is 0 Å². The number of carbonyl (C=O) groups excluding carboxylic acids is 2. The van der Waals surface area contributed by atoms with Crippen molar-refractivity contribution in [2.75, 3.05) is 26.8 Å². The first kappa shape index (κ1) is 19.7. The van der Waals surface area contributed by atoms with Crippen LogP contribution in [0.5, 0.6) is 0 Å². The van der Waals surface area contributed by atoms with Gasteiger partial charge < -0.3 is 18.9 Å². The minimum atomic E-state index is -0.901. The number of hydrogen-bond donors (Lipinski definition) is 1. The maximum Gasteiger partial charge on any atom is 0.418 e. The molecule has 0 rings (SSSR count). The molecule has 0 aliphatic rings. The van der Waals surface area contributed by atoms with Crippen LogP contribution in [-0.4, -0.2) is 39.0 Å². The summed E-state index contributed by atoms with van der Waals surface area (Å²) >= 11 is 0. The highest BCUT2D eigenvalue weighted by Crippen LogP contribution is 1.95. The zero-order valence-corrected chi connectivity index (χ0v) is 13.0. The summed E-state index contributed by atoms with van der Waals surface area (Å²) in [4.78, 5) is 22.3. The van der Waals surface area contributed by atoms with Gasteiger partial charge in [-0.3, -0.25) is 0 Å². The molecule has 2 amide bonds. The lowest BCUT2D eigenvalue weighted by Gasteiger charge is -2.08. The normalized spacial score (nSPS) is 10.2. The van der Waals surface area contributed by atoms with Gasteiger partial charge in [-0.1, -0.05) is 39.5 Å². The molecule has 0 atom stereocenters. The van der Waals surface area contributed by atoms with Crippen molar-refractivity contribution in [3.05, 3.63) is 0 Å². The fourth-order valence-corrected chi connectivity index (χ4v) is 1.37. The predicted molar refractivity (Wildman–Crippen MR) is 78.9 cm³/mol. The molecule has 0 unspecified atom stereocenters. The average molecular weight is 307 g/mol. The molecule has 7 nitrogen and oxygen atoms in total. The first-order chi connectivity index (χ1) is 10.2. The fourth-order valence-electron chi connectivity index (χ4n) is 1.37. The summed E-state index contributed by atoms with van der Waals surface area (Å²) in [6, 6.07) is 0. The lowest BCUT2D eigenvalue weighted by atomic mass is 10.3. The van der Waals surface area contributed by atoms with Crippen LogP contribution in [0.4, 0.5) is 9.59 Å². The van der Waals surface area contributed by atoms with Crippen molar-refractivity contribution in [1.82, 2.24) is 5.32 Å². The van der Waals surface area contributed by atoms with Crippen LogP contribution in [-0.2, 0) is 18.9 Å². The van der Waals surface area contributed by atoms with Crippen LogP contribution in [0.15, 0.2) is 0 Å². The van der Waals surface area contributed by atoms with Gasteiger partial charge in [-0.2, -0.15) is 0 Å². The Labute approximate surface area is 127 Å². The van der Waals surface area contributed by atoms with Gasteiger partial charge in [0, 0.05) is 1.43 Å². The van der Waals surface area contributed by atoms with Crippen LogP contribution >= 0.6 is 0 Å². The second-order valence-corrected chi connectivity index (χ2v) is 4.46. The molecule has 0 saturated heterocycles. The van der Waals surface area contributed by atoms with E-state index in [0.29, 0.717) is 13.2 Å². The van der Waals surface area contributed by atoms with Gasteiger partial charge in [-0.05, 0) is 12.8 Å². The van der Waals surface area contributed by atoms with Crippen molar-refractivity contribution in [3.8, 4) is 0 Å². The first-order valence-electron chi connectivity index (χ1n) is 7.46. The molecule has 0 radical (unpaired) electrons. The van der Waals surface area contributed by atoms with Crippen molar-refractivity contribution >= 4 is 12.2 Å². The molecule has 0 bridgehead atoms. The van der Waals surface area contributed by atoms with E-state index in [2.05, 4.69) is 23.3 Å². The Hall–Kier alpha value is -1.34. The molecule has 0 aliphatic heterocycles. The van der Waals surface area contributed by atoms with Crippen LogP contribution in [0.2, 0.25) is 0 Å². The number of hydrogen-bond acceptors (Lipinski definition) is 6. The SMILES string of the molecule is CCCCCOCOC(=O)NC(=O)OCOCCCCC.[HH]. The third-order valence-corrected chi connectivity index (χ3v) is 2.54. The van der Waals surface area contributed by atoms with E-state index < -0.39 is 12.2 Å². The van der Waals surface area contributed by atoms with Gasteiger partial charge in [0.05, 0.1) is 13.2 Å². The minimum Gasteiger partial charge on any atom is -0.422 e. The number of unbranched alkanes of at least 4 members (excludes halogenated alkanes) is 4. The van der Waals surface area contributed by atoms with E-state index >= 15 is 0 Å². The highest BCUT2D eigenvalue weighted by molar-refractivity contribution is 5.87. The van der Waals surface area contributed by atoms with Crippen LogP contribution in [0.1, 0.15) is 53.8 Å². The van der Waals surface area contributed by atoms with Gasteiger partial charge in [0.2, 0.25) is 0 Å². The fraction of sp³-hybridized carbons (Fsp3) is 0.857. The summed E-state index contributed by atoms with van der Waals surface area (Å²) < 4.78 is 19.4. The summed E-state index contributed by atoms with van der Waals surface area (Å²) in [7, 11) is 0. The molecular formula is C14H29NO6. The largest absolute Gasteiger partial charge is 0.422 e. The van der Waals surface area contributed by atoms with Crippen LogP contribution in [0, 0.1) is 0 Å². The maximum atomic E-state index is 11.2. The summed E-state index contributed by atoms with van der Waals surface area (Å²) in [6.07, 6.45) is 4.35. The number of nitrogens with one attached hydrogen (secondary N) is 1. The Morgan fingerprint density at radius 1 is 0.810 bits per heavy atom.